The van der Waals surface area contributed by atoms with E-state index in [1.54, 1.807) is 13.3 Å². The number of nitrogens with zero attached hydrogens (tertiary/aromatic N) is 6. The van der Waals surface area contributed by atoms with Crippen LogP contribution in [0.1, 0.15) is 11.1 Å². The highest BCUT2D eigenvalue weighted by Crippen LogP contribution is 2.30. The largest absolute Gasteiger partial charge is 0.497 e. The highest BCUT2D eigenvalue weighted by molar-refractivity contribution is 8.00. The summed E-state index contributed by atoms with van der Waals surface area (Å²) in [4.78, 5) is 12.3. The van der Waals surface area contributed by atoms with Crippen LogP contribution >= 0.6 is 46.5 Å². The molecule has 0 aliphatic carbocycles. The summed E-state index contributed by atoms with van der Waals surface area (Å²) in [5.41, 5.74) is 4.60. The van der Waals surface area contributed by atoms with Crippen molar-refractivity contribution < 1.29 is 9.53 Å². The smallest absolute Gasteiger partial charge is 0.264 e. The van der Waals surface area contributed by atoms with Crippen LogP contribution < -0.4 is 21.3 Å². The van der Waals surface area contributed by atoms with Crippen molar-refractivity contribution in [1.82, 2.24) is 25.1 Å². The van der Waals surface area contributed by atoms with E-state index in [0.717, 1.165) is 33.0 Å². The van der Waals surface area contributed by atoms with Crippen molar-refractivity contribution in [1.29, 1.82) is 0 Å². The van der Waals surface area contributed by atoms with Gasteiger partial charge in [0.2, 0.25) is 16.2 Å². The molecular weight excluding hydrogens is 542 g/mol. The fraction of sp³-hybridized carbons (Fsp3) is 0.143. The molecule has 0 fully saturated rings. The lowest BCUT2D eigenvalue weighted by Crippen LogP contribution is -2.16. The monoisotopic (exact) mass is 561 g/mol. The van der Waals surface area contributed by atoms with E-state index in [-0.39, 0.29) is 17.6 Å². The van der Waals surface area contributed by atoms with Crippen LogP contribution in [0.3, 0.4) is 0 Å². The Balaban J connectivity index is 1.23. The molecule has 0 atom stereocenters. The number of halogens is 1. The summed E-state index contributed by atoms with van der Waals surface area (Å²) in [7, 11) is 1.61. The third-order valence-electron chi connectivity index (χ3n) is 4.45. The molecule has 2 heterocycles. The molecule has 36 heavy (non-hydrogen) atoms. The number of aromatic nitrogens is 5. The van der Waals surface area contributed by atoms with Gasteiger partial charge in [-0.1, -0.05) is 64.7 Å². The lowest BCUT2D eigenvalue weighted by Gasteiger charge is -2.03. The van der Waals surface area contributed by atoms with Crippen molar-refractivity contribution in [3.63, 3.8) is 0 Å². The fourth-order valence-electron chi connectivity index (χ4n) is 2.67. The van der Waals surface area contributed by atoms with Crippen molar-refractivity contribution in [2.24, 2.45) is 5.10 Å². The van der Waals surface area contributed by atoms with Gasteiger partial charge in [-0.25, -0.2) is 10.1 Å². The van der Waals surface area contributed by atoms with Crippen molar-refractivity contribution in [2.45, 2.75) is 15.2 Å². The number of rotatable bonds is 11. The van der Waals surface area contributed by atoms with Gasteiger partial charge < -0.3 is 10.6 Å². The third-order valence-corrected chi connectivity index (χ3v) is 7.79. The maximum Gasteiger partial charge on any atom is 0.264 e. The first-order valence-corrected chi connectivity index (χ1v) is 13.4. The molecule has 0 aliphatic rings. The number of hydrogen-bond donors (Lipinski definition) is 3. The Kier molecular flexibility index (Phi) is 9.00. The Morgan fingerprint density at radius 3 is 2.75 bits per heavy atom. The van der Waals surface area contributed by atoms with Gasteiger partial charge in [-0.05, 0) is 41.5 Å². The van der Waals surface area contributed by atoms with Gasteiger partial charge >= 0.3 is 0 Å². The van der Waals surface area contributed by atoms with Crippen molar-refractivity contribution in [2.75, 3.05) is 29.4 Å². The van der Waals surface area contributed by atoms with Gasteiger partial charge in [-0.2, -0.15) is 5.10 Å². The average molecular weight is 562 g/mol. The number of ether oxygens (including phenoxy) is 1. The molecule has 0 spiro atoms. The van der Waals surface area contributed by atoms with Crippen LogP contribution in [0.4, 0.5) is 11.1 Å². The highest BCUT2D eigenvalue weighted by atomic mass is 35.5. The molecule has 186 valence electrons. The average Bonchev–Trinajstić information content (AvgIpc) is 3.48. The summed E-state index contributed by atoms with van der Waals surface area (Å²) in [5, 5.41) is 24.3. The highest BCUT2D eigenvalue weighted by Gasteiger charge is 2.14. The summed E-state index contributed by atoms with van der Waals surface area (Å²) < 4.78 is 7.07. The van der Waals surface area contributed by atoms with Crippen molar-refractivity contribution >= 4 is 69.7 Å². The van der Waals surface area contributed by atoms with E-state index in [9.17, 15) is 4.79 Å². The maximum absolute atomic E-state index is 12.3. The molecule has 2 aromatic carbocycles. The number of benzene rings is 2. The number of nitrogen functional groups attached to an aromatic ring is 1. The Hall–Kier alpha value is -3.33. The van der Waals surface area contributed by atoms with E-state index in [1.807, 2.05) is 48.5 Å². The summed E-state index contributed by atoms with van der Waals surface area (Å²) in [6, 6.07) is 15.0. The summed E-state index contributed by atoms with van der Waals surface area (Å²) in [6.45, 7) is 0. The van der Waals surface area contributed by atoms with Crippen LogP contribution in [0.15, 0.2) is 63.1 Å². The number of anilines is 2. The summed E-state index contributed by atoms with van der Waals surface area (Å²) in [6.07, 6.45) is 1.61. The van der Waals surface area contributed by atoms with Gasteiger partial charge in [0.05, 0.1) is 19.1 Å². The summed E-state index contributed by atoms with van der Waals surface area (Å²) in [5.74, 6) is 7.44. The molecule has 0 bridgehead atoms. The first kappa shape index (κ1) is 25.8. The number of thioether (sulfide) groups is 2. The predicted octanol–water partition coefficient (Wildman–Crippen LogP) is 3.97. The summed E-state index contributed by atoms with van der Waals surface area (Å²) >= 11 is 10.1. The first-order chi connectivity index (χ1) is 17.5. The molecule has 11 nitrogen and oxygen atoms in total. The number of hydrogen-bond acceptors (Lipinski definition) is 12. The second-order valence-corrected chi connectivity index (χ2v) is 10.5. The number of carbonyl (C=O) groups is 1. The molecule has 4 aromatic rings. The van der Waals surface area contributed by atoms with Gasteiger partial charge in [0.25, 0.3) is 5.95 Å². The molecule has 0 unspecified atom stereocenters. The molecule has 0 saturated heterocycles. The number of hydrazone groups is 1. The molecule has 15 heteroatoms. The minimum atomic E-state index is -0.270. The van der Waals surface area contributed by atoms with Gasteiger partial charge in [0.1, 0.15) is 5.75 Å². The lowest BCUT2D eigenvalue weighted by atomic mass is 10.2. The second kappa shape index (κ2) is 12.6. The van der Waals surface area contributed by atoms with Crippen LogP contribution in [0.2, 0.25) is 5.02 Å². The number of methoxy groups -OCH3 is 1. The van der Waals surface area contributed by atoms with E-state index < -0.39 is 0 Å². The predicted molar refractivity (Wildman–Crippen MR) is 145 cm³/mol. The molecule has 0 radical (unpaired) electrons. The minimum absolute atomic E-state index is 0.0616. The van der Waals surface area contributed by atoms with Gasteiger partial charge in [0.15, 0.2) is 4.34 Å². The van der Waals surface area contributed by atoms with E-state index in [4.69, 9.17) is 22.2 Å². The molecule has 1 amide bonds. The molecule has 0 saturated carbocycles. The van der Waals surface area contributed by atoms with Crippen LogP contribution in [-0.4, -0.2) is 50.1 Å². The maximum atomic E-state index is 12.3. The first-order valence-electron chi connectivity index (χ1n) is 10.3. The molecule has 2 aromatic heterocycles. The van der Waals surface area contributed by atoms with Gasteiger partial charge in [0, 0.05) is 10.8 Å². The Bertz CT molecular complexity index is 1340. The quantitative estimate of drug-likeness (QED) is 0.0808. The Morgan fingerprint density at radius 1 is 1.17 bits per heavy atom. The zero-order valence-corrected chi connectivity index (χ0v) is 22.0. The van der Waals surface area contributed by atoms with E-state index in [1.165, 1.54) is 27.8 Å². The van der Waals surface area contributed by atoms with Crippen LogP contribution in [0, 0.1) is 0 Å². The van der Waals surface area contributed by atoms with E-state index in [0.29, 0.717) is 21.1 Å². The van der Waals surface area contributed by atoms with Gasteiger partial charge in [-0.15, -0.1) is 20.4 Å². The second-order valence-electron chi connectivity index (χ2n) is 6.91. The number of carbonyl (C=O) groups excluding carboxylic acids is 1. The van der Waals surface area contributed by atoms with Crippen LogP contribution in [0.5, 0.6) is 5.75 Å². The zero-order valence-electron chi connectivity index (χ0n) is 18.8. The molecule has 0 aliphatic heterocycles. The van der Waals surface area contributed by atoms with Crippen molar-refractivity contribution in [3.8, 4) is 5.75 Å². The standard InChI is InChI=1S/C21H20ClN9O2S3/c1-33-15-8-6-13(7-9-15)10-24-26-18-27-29-20(31(18)23)34-12-17(32)25-19-28-30-21(36-19)35-11-14-4-2-3-5-16(14)22/h2-10H,11-12,23H2,1H3,(H,26,27)(H,25,28,32)/b24-10+. The normalized spacial score (nSPS) is 11.1. The number of nitrogens with two attached hydrogens (primary N) is 1. The van der Waals surface area contributed by atoms with Crippen LogP contribution in [-0.2, 0) is 10.5 Å². The zero-order chi connectivity index (χ0) is 25.3. The third kappa shape index (κ3) is 7.10. The Labute approximate surface area is 223 Å². The Morgan fingerprint density at radius 2 is 1.97 bits per heavy atom. The topological polar surface area (TPSA) is 145 Å². The van der Waals surface area contributed by atoms with Gasteiger partial charge in [-0.3, -0.25) is 10.1 Å². The van der Waals surface area contributed by atoms with E-state index >= 15 is 0 Å². The molecular formula is C21H20ClN9O2S3. The van der Waals surface area contributed by atoms with E-state index in [2.05, 4.69) is 36.2 Å². The SMILES string of the molecule is COc1ccc(/C=N/Nc2nnc(SCC(=O)Nc3nnc(SCc4ccccc4Cl)s3)n2N)cc1. The minimum Gasteiger partial charge on any atom is -0.497 e. The number of amides is 1. The molecule has 4 N–H and O–H groups in total. The molecule has 4 rings (SSSR count). The van der Waals surface area contributed by atoms with Crippen LogP contribution in [0.25, 0.3) is 0 Å². The fourth-order valence-corrected chi connectivity index (χ4v) is 5.38. The number of nitrogens with one attached hydrogen (secondary N) is 2. The van der Waals surface area contributed by atoms with Crippen molar-refractivity contribution in [3.05, 3.63) is 64.7 Å². The lowest BCUT2D eigenvalue weighted by molar-refractivity contribution is -0.113.